The van der Waals surface area contributed by atoms with Crippen molar-refractivity contribution in [3.05, 3.63) is 0 Å². The lowest BCUT2D eigenvalue weighted by Gasteiger charge is -2.41. The van der Waals surface area contributed by atoms with E-state index in [-0.39, 0.29) is 6.42 Å². The quantitative estimate of drug-likeness (QED) is 0.217. The van der Waals surface area contributed by atoms with E-state index >= 15 is 0 Å². The average molecular weight is 436 g/mol. The van der Waals surface area contributed by atoms with Gasteiger partial charge in [-0.05, 0) is 31.1 Å². The van der Waals surface area contributed by atoms with Crippen LogP contribution in [0.2, 0.25) is 0 Å². The molecule has 0 aliphatic heterocycles. The Balaban J connectivity index is 2.08. The minimum Gasteiger partial charge on any atom is -0.457 e. The van der Waals surface area contributed by atoms with Crippen LogP contribution in [0.5, 0.6) is 0 Å². The first-order valence-electron chi connectivity index (χ1n) is 7.25. The number of ether oxygens (including phenoxy) is 1. The Bertz CT molecular complexity index is 553. The van der Waals surface area contributed by atoms with Crippen molar-refractivity contribution in [2.24, 2.45) is 17.8 Å². The number of hydrogen-bond acceptors (Lipinski definition) is 7. The molecular weight excluding hydrogens is 424 g/mol. The lowest BCUT2D eigenvalue weighted by atomic mass is 9.74. The van der Waals surface area contributed by atoms with Gasteiger partial charge in [0.2, 0.25) is 0 Å². The Labute approximate surface area is 149 Å². The summed E-state index contributed by atoms with van der Waals surface area (Å²) in [6.45, 7) is 0. The minimum atomic E-state index is -5.99. The van der Waals surface area contributed by atoms with E-state index in [4.69, 9.17) is 5.26 Å². The van der Waals surface area contributed by atoms with Crippen LogP contribution in [-0.4, -0.2) is 45.6 Å². The summed E-state index contributed by atoms with van der Waals surface area (Å²) in [5.41, 5.74) is -4.94. The van der Waals surface area contributed by atoms with E-state index in [0.29, 0.717) is 0 Å². The predicted octanol–water partition coefficient (Wildman–Crippen LogP) is 3.46. The van der Waals surface area contributed by atoms with Crippen molar-refractivity contribution in [2.75, 3.05) is 0 Å². The third-order valence-corrected chi connectivity index (χ3v) is 5.36. The third-order valence-electron chi connectivity index (χ3n) is 4.86. The van der Waals surface area contributed by atoms with E-state index in [0.717, 1.165) is 0 Å². The lowest BCUT2D eigenvalue weighted by molar-refractivity contribution is -0.433. The number of halogens is 8. The Morgan fingerprint density at radius 1 is 0.926 bits per heavy atom. The molecule has 2 rings (SSSR count). The Morgan fingerprint density at radius 2 is 1.48 bits per heavy atom. The van der Waals surface area contributed by atoms with Crippen LogP contribution in [0.15, 0.2) is 0 Å². The van der Waals surface area contributed by atoms with Crippen molar-refractivity contribution >= 4 is 18.0 Å². The summed E-state index contributed by atoms with van der Waals surface area (Å²) in [6.07, 6.45) is -14.9. The van der Waals surface area contributed by atoms with Gasteiger partial charge in [0.1, 0.15) is 18.1 Å². The van der Waals surface area contributed by atoms with Crippen molar-refractivity contribution in [3.8, 4) is 0 Å². The second-order valence-electron chi connectivity index (χ2n) is 6.28. The highest BCUT2D eigenvalue weighted by Crippen LogP contribution is 2.60. The molecule has 0 spiro atoms. The first kappa shape index (κ1) is 22.4. The minimum absolute atomic E-state index is 0.258. The van der Waals surface area contributed by atoms with Gasteiger partial charge in [0, 0.05) is 5.92 Å². The van der Waals surface area contributed by atoms with Gasteiger partial charge in [-0.25, -0.2) is 10.1 Å². The highest BCUT2D eigenvalue weighted by molar-refractivity contribution is 7.96. The Morgan fingerprint density at radius 3 is 1.89 bits per heavy atom. The topological polar surface area (TPSA) is 85.2 Å². The van der Waals surface area contributed by atoms with Crippen LogP contribution < -0.4 is 0 Å². The van der Waals surface area contributed by atoms with Gasteiger partial charge in [-0.3, -0.25) is 0 Å². The van der Waals surface area contributed by atoms with E-state index in [1.54, 1.807) is 0 Å². The normalized spacial score (nSPS) is 29.3. The van der Waals surface area contributed by atoms with E-state index < -0.39 is 77.9 Å². The summed E-state index contributed by atoms with van der Waals surface area (Å²) in [4.78, 5) is 11.4. The molecule has 27 heavy (non-hydrogen) atoms. The highest BCUT2D eigenvalue weighted by Gasteiger charge is 2.76. The van der Waals surface area contributed by atoms with Gasteiger partial charge in [0.15, 0.2) is 0 Å². The zero-order valence-electron chi connectivity index (χ0n) is 12.9. The molecule has 4 atom stereocenters. The maximum Gasteiger partial charge on any atom is 0.426 e. The van der Waals surface area contributed by atoms with E-state index in [1.807, 2.05) is 0 Å². The standard InChI is InChI=1S/C12H12F8O6S/c13-10(14,27-26-25-23)8(21)24-7-3-4-1-5(7)2-6(4)9(22,11(15,16)17)12(18,19)20/h4-7,22-23H,1-3H2. The highest BCUT2D eigenvalue weighted by atomic mass is 32.2. The molecule has 2 saturated carbocycles. The van der Waals surface area contributed by atoms with Gasteiger partial charge in [-0.2, -0.15) is 35.1 Å². The number of carbonyl (C=O) groups is 1. The zero-order valence-corrected chi connectivity index (χ0v) is 13.7. The molecule has 2 N–H and O–H groups in total. The molecule has 0 saturated heterocycles. The summed E-state index contributed by atoms with van der Waals surface area (Å²) in [5.74, 6) is -6.80. The molecule has 2 bridgehead atoms. The summed E-state index contributed by atoms with van der Waals surface area (Å²) in [6, 6.07) is 0. The Kier molecular flexibility index (Phi) is 5.94. The molecule has 0 aromatic heterocycles. The van der Waals surface area contributed by atoms with Gasteiger partial charge in [-0.1, -0.05) is 5.04 Å². The number of carbonyl (C=O) groups excluding carboxylic acids is 1. The molecule has 4 unspecified atom stereocenters. The molecule has 15 heteroatoms. The fraction of sp³-hybridized carbons (Fsp3) is 0.917. The van der Waals surface area contributed by atoms with Gasteiger partial charge >= 0.3 is 23.6 Å². The smallest absolute Gasteiger partial charge is 0.426 e. The molecule has 0 heterocycles. The second-order valence-corrected chi connectivity index (χ2v) is 7.10. The predicted molar refractivity (Wildman–Crippen MR) is 68.6 cm³/mol. The number of esters is 1. The van der Waals surface area contributed by atoms with Gasteiger partial charge in [-0.15, -0.1) is 4.33 Å². The molecule has 0 radical (unpaired) electrons. The molecule has 0 aromatic carbocycles. The van der Waals surface area contributed by atoms with Crippen molar-refractivity contribution < 1.29 is 64.4 Å². The summed E-state index contributed by atoms with van der Waals surface area (Å²) < 4.78 is 112. The SMILES string of the molecule is O=C(OC1CC2CC1CC2C(O)(C(F)(F)F)C(F)(F)F)C(F)(F)SOOO. The molecule has 2 fully saturated rings. The van der Waals surface area contributed by atoms with Crippen molar-refractivity contribution in [3.63, 3.8) is 0 Å². The zero-order chi connectivity index (χ0) is 20.8. The van der Waals surface area contributed by atoms with Gasteiger partial charge < -0.3 is 9.84 Å². The van der Waals surface area contributed by atoms with Crippen LogP contribution in [-0.2, 0) is 18.9 Å². The van der Waals surface area contributed by atoms with Crippen LogP contribution in [0.3, 0.4) is 0 Å². The van der Waals surface area contributed by atoms with Crippen molar-refractivity contribution in [1.29, 1.82) is 0 Å². The summed E-state index contributed by atoms with van der Waals surface area (Å²) >= 11 is -0.916. The number of rotatable bonds is 6. The van der Waals surface area contributed by atoms with E-state index in [2.05, 4.69) is 14.1 Å². The first-order chi connectivity index (χ1) is 12.1. The number of alkyl halides is 8. The summed E-state index contributed by atoms with van der Waals surface area (Å²) in [5, 5.41) is 15.8. The third kappa shape index (κ3) is 3.97. The molecule has 158 valence electrons. The van der Waals surface area contributed by atoms with Crippen LogP contribution in [0.25, 0.3) is 0 Å². The molecule has 2 aliphatic rings. The van der Waals surface area contributed by atoms with Crippen LogP contribution in [0.1, 0.15) is 19.3 Å². The second kappa shape index (κ2) is 7.17. The monoisotopic (exact) mass is 436 g/mol. The average Bonchev–Trinajstić information content (AvgIpc) is 3.10. The lowest BCUT2D eigenvalue weighted by Crippen LogP contribution is -2.63. The van der Waals surface area contributed by atoms with E-state index in [9.17, 15) is 45.0 Å². The van der Waals surface area contributed by atoms with Crippen LogP contribution in [0.4, 0.5) is 35.1 Å². The summed E-state index contributed by atoms with van der Waals surface area (Å²) in [7, 11) is 0. The Hall–Kier alpha value is -0.900. The fourth-order valence-electron chi connectivity index (χ4n) is 3.76. The molecular formula is C12H12F8O6S. The van der Waals surface area contributed by atoms with Gasteiger partial charge in [0.05, 0.1) is 0 Å². The van der Waals surface area contributed by atoms with E-state index in [1.165, 1.54) is 0 Å². The largest absolute Gasteiger partial charge is 0.457 e. The van der Waals surface area contributed by atoms with Gasteiger partial charge in [0.25, 0.3) is 5.60 Å². The molecule has 6 nitrogen and oxygen atoms in total. The van der Waals surface area contributed by atoms with Crippen molar-refractivity contribution in [2.45, 2.75) is 48.6 Å². The molecule has 0 amide bonds. The first-order valence-corrected chi connectivity index (χ1v) is 8.00. The fourth-order valence-corrected chi connectivity index (χ4v) is 3.99. The number of aliphatic hydroxyl groups is 1. The van der Waals surface area contributed by atoms with Crippen LogP contribution in [0, 0.1) is 17.8 Å². The molecule has 0 aromatic rings. The molecule has 2 aliphatic carbocycles. The number of fused-ring (bicyclic) bond motifs is 2. The maximum absolute atomic E-state index is 13.3. The number of hydrogen-bond donors (Lipinski definition) is 2. The van der Waals surface area contributed by atoms with Crippen molar-refractivity contribution in [1.82, 2.24) is 0 Å². The maximum atomic E-state index is 13.3. The van der Waals surface area contributed by atoms with Crippen LogP contribution >= 0.6 is 12.0 Å².